The number of carbonyl (C=O) groups is 2. The lowest BCUT2D eigenvalue weighted by Gasteiger charge is -2.45. The second kappa shape index (κ2) is 9.41. The molecule has 1 aliphatic carbocycles. The second-order valence-electron chi connectivity index (χ2n) is 10.2. The van der Waals surface area contributed by atoms with Gasteiger partial charge in [-0.2, -0.15) is 0 Å². The number of benzene rings is 2. The van der Waals surface area contributed by atoms with Crippen molar-refractivity contribution in [3.05, 3.63) is 69.7 Å². The fourth-order valence-electron chi connectivity index (χ4n) is 5.73. The Balaban J connectivity index is 1.82. The number of halogens is 2. The fraction of sp³-hybridized carbons (Fsp3) is 0.462. The number of aliphatic carboxylic acids is 1. The molecule has 1 heterocycles. The summed E-state index contributed by atoms with van der Waals surface area (Å²) in [6.45, 7) is 1.65. The van der Waals surface area contributed by atoms with Gasteiger partial charge in [-0.15, -0.1) is 0 Å². The molecule has 0 unspecified atom stereocenters. The Morgan fingerprint density at radius 3 is 2.34 bits per heavy atom. The molecule has 1 saturated heterocycles. The van der Waals surface area contributed by atoms with Crippen molar-refractivity contribution in [2.75, 3.05) is 6.26 Å². The molecule has 0 bridgehead atoms. The van der Waals surface area contributed by atoms with Crippen LogP contribution >= 0.6 is 23.2 Å². The van der Waals surface area contributed by atoms with E-state index in [4.69, 9.17) is 23.2 Å². The van der Waals surface area contributed by atoms with Gasteiger partial charge in [-0.1, -0.05) is 54.4 Å². The predicted molar refractivity (Wildman–Crippen MR) is 136 cm³/mol. The summed E-state index contributed by atoms with van der Waals surface area (Å²) < 4.78 is 25.8. The van der Waals surface area contributed by atoms with Gasteiger partial charge in [0.15, 0.2) is 9.84 Å². The third kappa shape index (κ3) is 5.09. The second-order valence-corrected chi connectivity index (χ2v) is 13.4. The summed E-state index contributed by atoms with van der Waals surface area (Å²) >= 11 is 12.4. The van der Waals surface area contributed by atoms with Crippen molar-refractivity contribution in [2.45, 2.75) is 55.7 Å². The van der Waals surface area contributed by atoms with Gasteiger partial charge in [0.1, 0.15) is 4.75 Å². The topological polar surface area (TPSA) is 101 Å². The number of hydrogen-bond acceptors (Lipinski definition) is 4. The highest BCUT2D eigenvalue weighted by Gasteiger charge is 2.57. The van der Waals surface area contributed by atoms with Gasteiger partial charge in [-0.25, -0.2) is 8.42 Å². The van der Waals surface area contributed by atoms with Crippen LogP contribution in [0.15, 0.2) is 48.5 Å². The maximum Gasteiger partial charge on any atom is 0.304 e. The fourth-order valence-corrected chi connectivity index (χ4v) is 7.94. The van der Waals surface area contributed by atoms with Crippen molar-refractivity contribution in [2.24, 2.45) is 11.3 Å². The summed E-state index contributed by atoms with van der Waals surface area (Å²) in [5.41, 5.74) is 0.362. The van der Waals surface area contributed by atoms with Crippen molar-refractivity contribution in [3.8, 4) is 0 Å². The van der Waals surface area contributed by atoms with Gasteiger partial charge in [-0.05, 0) is 67.0 Å². The first kappa shape index (κ1) is 26.0. The number of nitrogens with one attached hydrogen (secondary N) is 1. The molecule has 1 aliphatic heterocycles. The standard InChI is InChI=1S/C26H29Cl2NO5S/c1-25(15-23(30)31)13-21(16-4-3-5-20(28)12-16)22(29-24(25)32)14-26(17-6-7-17,35(2,33)34)18-8-10-19(27)11-9-18/h3-5,8-12,17,21-22H,6-7,13-15H2,1-2H3,(H,29,32)(H,30,31)/t21-,22+,25+,26+/m1/s1. The summed E-state index contributed by atoms with van der Waals surface area (Å²) in [6, 6.07) is 13.6. The molecule has 0 spiro atoms. The Labute approximate surface area is 215 Å². The van der Waals surface area contributed by atoms with E-state index in [1.165, 1.54) is 6.26 Å². The van der Waals surface area contributed by atoms with Crippen LogP contribution in [0.2, 0.25) is 10.0 Å². The van der Waals surface area contributed by atoms with E-state index >= 15 is 0 Å². The molecular weight excluding hydrogens is 509 g/mol. The normalized spacial score (nSPS) is 26.6. The highest BCUT2D eigenvalue weighted by atomic mass is 35.5. The van der Waals surface area contributed by atoms with Crippen molar-refractivity contribution in [1.82, 2.24) is 5.32 Å². The summed E-state index contributed by atoms with van der Waals surface area (Å²) in [7, 11) is -3.62. The lowest BCUT2D eigenvalue weighted by atomic mass is 9.67. The number of carboxylic acids is 1. The Morgan fingerprint density at radius 2 is 1.80 bits per heavy atom. The van der Waals surface area contributed by atoms with E-state index in [9.17, 15) is 23.1 Å². The predicted octanol–water partition coefficient (Wildman–Crippen LogP) is 5.19. The van der Waals surface area contributed by atoms with E-state index in [2.05, 4.69) is 5.32 Å². The minimum Gasteiger partial charge on any atom is -0.481 e. The van der Waals surface area contributed by atoms with Gasteiger partial charge >= 0.3 is 5.97 Å². The first-order chi connectivity index (χ1) is 16.4. The number of hydrogen-bond donors (Lipinski definition) is 2. The number of carboxylic acid groups (broad SMARTS) is 1. The molecule has 35 heavy (non-hydrogen) atoms. The highest BCUT2D eigenvalue weighted by molar-refractivity contribution is 7.91. The van der Waals surface area contributed by atoms with Crippen molar-refractivity contribution >= 4 is 44.9 Å². The number of carbonyl (C=O) groups excluding carboxylic acids is 1. The molecule has 0 radical (unpaired) electrons. The lowest BCUT2D eigenvalue weighted by Crippen LogP contribution is -2.56. The van der Waals surface area contributed by atoms with Gasteiger partial charge in [0.25, 0.3) is 0 Å². The van der Waals surface area contributed by atoms with Gasteiger partial charge in [0.05, 0.1) is 11.8 Å². The molecule has 2 N–H and O–H groups in total. The number of rotatable bonds is 8. The molecule has 1 amide bonds. The number of piperidine rings is 1. The molecule has 0 aromatic heterocycles. The molecule has 2 fully saturated rings. The Bertz CT molecular complexity index is 1240. The summed E-state index contributed by atoms with van der Waals surface area (Å²) in [6.07, 6.45) is 2.92. The van der Waals surface area contributed by atoms with Crippen LogP contribution in [-0.2, 0) is 24.2 Å². The molecule has 9 heteroatoms. The van der Waals surface area contributed by atoms with Crippen LogP contribution in [0.5, 0.6) is 0 Å². The first-order valence-corrected chi connectivity index (χ1v) is 14.2. The summed E-state index contributed by atoms with van der Waals surface area (Å²) in [4.78, 5) is 24.8. The zero-order valence-corrected chi connectivity index (χ0v) is 22.0. The van der Waals surface area contributed by atoms with Gasteiger partial charge in [0, 0.05) is 28.3 Å². The Hall–Kier alpha value is -2.09. The molecule has 4 atom stereocenters. The maximum absolute atomic E-state index is 13.5. The summed E-state index contributed by atoms with van der Waals surface area (Å²) in [5, 5.41) is 13.5. The molecule has 1 saturated carbocycles. The summed E-state index contributed by atoms with van der Waals surface area (Å²) in [5.74, 6) is -1.83. The minimum absolute atomic E-state index is 0.0806. The van der Waals surface area contributed by atoms with E-state index < -0.39 is 32.0 Å². The number of amides is 1. The third-order valence-corrected chi connectivity index (χ3v) is 10.1. The van der Waals surface area contributed by atoms with Gasteiger partial charge < -0.3 is 10.4 Å². The van der Waals surface area contributed by atoms with Crippen LogP contribution in [0.1, 0.15) is 56.1 Å². The molecule has 2 aliphatic rings. The molecular formula is C26H29Cl2NO5S. The van der Waals surface area contributed by atoms with E-state index in [-0.39, 0.29) is 37.0 Å². The molecule has 2 aromatic carbocycles. The van der Waals surface area contributed by atoms with Crippen LogP contribution in [-0.4, -0.2) is 37.7 Å². The Kier molecular flexibility index (Phi) is 6.99. The monoisotopic (exact) mass is 537 g/mol. The first-order valence-electron chi connectivity index (χ1n) is 11.6. The highest BCUT2D eigenvalue weighted by Crippen LogP contribution is 2.55. The lowest BCUT2D eigenvalue weighted by molar-refractivity contribution is -0.147. The van der Waals surface area contributed by atoms with E-state index in [1.807, 2.05) is 12.1 Å². The smallest absolute Gasteiger partial charge is 0.304 e. The van der Waals surface area contributed by atoms with Crippen LogP contribution < -0.4 is 5.32 Å². The van der Waals surface area contributed by atoms with E-state index in [0.29, 0.717) is 15.6 Å². The van der Waals surface area contributed by atoms with E-state index in [1.54, 1.807) is 43.3 Å². The van der Waals surface area contributed by atoms with Gasteiger partial charge in [0.2, 0.25) is 5.91 Å². The quantitative estimate of drug-likeness (QED) is 0.482. The zero-order valence-electron chi connectivity index (χ0n) is 19.6. The Morgan fingerprint density at radius 1 is 1.14 bits per heavy atom. The van der Waals surface area contributed by atoms with Crippen molar-refractivity contribution in [1.29, 1.82) is 0 Å². The number of sulfone groups is 1. The molecule has 4 rings (SSSR count). The van der Waals surface area contributed by atoms with Crippen molar-refractivity contribution < 1.29 is 23.1 Å². The van der Waals surface area contributed by atoms with Crippen LogP contribution in [0.25, 0.3) is 0 Å². The molecule has 188 valence electrons. The SMILES string of the molecule is C[C@@]1(CC(=O)O)C[C@H](c2cccc(Cl)c2)[C@H](C[C@@](c2ccc(Cl)cc2)(C2CC2)S(C)(=O)=O)NC1=O. The molecule has 2 aromatic rings. The van der Waals surface area contributed by atoms with Crippen LogP contribution in [0.4, 0.5) is 0 Å². The van der Waals surface area contributed by atoms with E-state index in [0.717, 1.165) is 18.4 Å². The minimum atomic E-state index is -3.62. The van der Waals surface area contributed by atoms with Crippen molar-refractivity contribution in [3.63, 3.8) is 0 Å². The van der Waals surface area contributed by atoms with Crippen LogP contribution in [0, 0.1) is 11.3 Å². The molecule has 6 nitrogen and oxygen atoms in total. The average Bonchev–Trinajstić information content (AvgIpc) is 3.59. The third-order valence-electron chi connectivity index (χ3n) is 7.59. The van der Waals surface area contributed by atoms with Crippen LogP contribution in [0.3, 0.4) is 0 Å². The largest absolute Gasteiger partial charge is 0.481 e. The average molecular weight is 538 g/mol. The van der Waals surface area contributed by atoms with Gasteiger partial charge in [-0.3, -0.25) is 9.59 Å². The maximum atomic E-state index is 13.5. The zero-order chi connectivity index (χ0) is 25.6.